The van der Waals surface area contributed by atoms with Crippen molar-refractivity contribution < 1.29 is 4.74 Å². The van der Waals surface area contributed by atoms with Crippen LogP contribution < -0.4 is 5.32 Å². The Kier molecular flexibility index (Phi) is 5.88. The van der Waals surface area contributed by atoms with Crippen molar-refractivity contribution in [2.24, 2.45) is 5.92 Å². The van der Waals surface area contributed by atoms with Crippen LogP contribution in [0, 0.1) is 5.92 Å². The smallest absolute Gasteiger partial charge is 0.0753 e. The first kappa shape index (κ1) is 16.3. The Hall–Kier alpha value is -0.120. The van der Waals surface area contributed by atoms with Crippen LogP contribution in [0.3, 0.4) is 0 Å². The molecular weight excluding hydrogens is 248 g/mol. The predicted molar refractivity (Wildman–Crippen MR) is 85.1 cm³/mol. The molecule has 1 N–H and O–H groups in total. The molecular formula is C17H34N2O. The summed E-state index contributed by atoms with van der Waals surface area (Å²) >= 11 is 0. The van der Waals surface area contributed by atoms with Gasteiger partial charge in [0.25, 0.3) is 0 Å². The SMILES string of the molecule is CCCNC1CCC(CC)CC1N1CCOC(C)(C)C1. The van der Waals surface area contributed by atoms with Crippen molar-refractivity contribution >= 4 is 0 Å². The quantitative estimate of drug-likeness (QED) is 0.839. The van der Waals surface area contributed by atoms with Crippen LogP contribution >= 0.6 is 0 Å². The van der Waals surface area contributed by atoms with Crippen molar-refractivity contribution in [1.82, 2.24) is 10.2 Å². The number of rotatable bonds is 5. The second-order valence-corrected chi connectivity index (χ2v) is 7.29. The van der Waals surface area contributed by atoms with E-state index in [9.17, 15) is 0 Å². The zero-order chi connectivity index (χ0) is 14.6. The fourth-order valence-corrected chi connectivity index (χ4v) is 3.91. The molecule has 20 heavy (non-hydrogen) atoms. The maximum Gasteiger partial charge on any atom is 0.0753 e. The van der Waals surface area contributed by atoms with Crippen LogP contribution in [-0.2, 0) is 4.74 Å². The van der Waals surface area contributed by atoms with Crippen molar-refractivity contribution in [3.8, 4) is 0 Å². The first-order valence-corrected chi connectivity index (χ1v) is 8.67. The van der Waals surface area contributed by atoms with Gasteiger partial charge in [-0.3, -0.25) is 4.90 Å². The first-order chi connectivity index (χ1) is 9.55. The Labute approximate surface area is 125 Å². The zero-order valence-electron chi connectivity index (χ0n) is 14.0. The van der Waals surface area contributed by atoms with E-state index < -0.39 is 0 Å². The van der Waals surface area contributed by atoms with E-state index in [-0.39, 0.29) is 5.60 Å². The number of ether oxygens (including phenoxy) is 1. The Morgan fingerprint density at radius 2 is 2.05 bits per heavy atom. The standard InChI is InChI=1S/C17H34N2O/c1-5-9-18-15-8-7-14(6-2)12-16(15)19-10-11-20-17(3,4)13-19/h14-16,18H,5-13H2,1-4H3. The summed E-state index contributed by atoms with van der Waals surface area (Å²) in [5, 5.41) is 3.81. The van der Waals surface area contributed by atoms with E-state index in [0.29, 0.717) is 12.1 Å². The van der Waals surface area contributed by atoms with Gasteiger partial charge in [-0.2, -0.15) is 0 Å². The zero-order valence-corrected chi connectivity index (χ0v) is 14.0. The maximum atomic E-state index is 5.89. The minimum atomic E-state index is 0.0206. The molecule has 2 rings (SSSR count). The topological polar surface area (TPSA) is 24.5 Å². The van der Waals surface area contributed by atoms with Crippen LogP contribution in [0.5, 0.6) is 0 Å². The van der Waals surface area contributed by atoms with Gasteiger partial charge in [0.05, 0.1) is 12.2 Å². The summed E-state index contributed by atoms with van der Waals surface area (Å²) in [5.74, 6) is 0.922. The van der Waals surface area contributed by atoms with Crippen LogP contribution in [0.2, 0.25) is 0 Å². The van der Waals surface area contributed by atoms with E-state index in [0.717, 1.165) is 32.2 Å². The van der Waals surface area contributed by atoms with E-state index >= 15 is 0 Å². The van der Waals surface area contributed by atoms with Crippen LogP contribution in [0.1, 0.15) is 59.8 Å². The van der Waals surface area contributed by atoms with E-state index in [1.807, 2.05) is 0 Å². The van der Waals surface area contributed by atoms with Gasteiger partial charge in [0.1, 0.15) is 0 Å². The number of morpholine rings is 1. The summed E-state index contributed by atoms with van der Waals surface area (Å²) in [7, 11) is 0. The van der Waals surface area contributed by atoms with Gasteiger partial charge in [-0.25, -0.2) is 0 Å². The molecule has 1 aliphatic carbocycles. The van der Waals surface area contributed by atoms with E-state index in [1.54, 1.807) is 0 Å². The molecule has 2 aliphatic rings. The molecule has 0 amide bonds. The highest BCUT2D eigenvalue weighted by Gasteiger charge is 2.37. The Morgan fingerprint density at radius 1 is 1.25 bits per heavy atom. The molecule has 3 heteroatoms. The lowest BCUT2D eigenvalue weighted by atomic mass is 9.79. The molecule has 0 aromatic rings. The Bertz CT molecular complexity index is 293. The minimum Gasteiger partial charge on any atom is -0.373 e. The molecule has 3 atom stereocenters. The molecule has 1 saturated heterocycles. The van der Waals surface area contributed by atoms with Gasteiger partial charge >= 0.3 is 0 Å². The molecule has 0 spiro atoms. The summed E-state index contributed by atoms with van der Waals surface area (Å²) in [6, 6.07) is 1.40. The average Bonchev–Trinajstić information content (AvgIpc) is 2.44. The second-order valence-electron chi connectivity index (χ2n) is 7.29. The molecule has 1 saturated carbocycles. The lowest BCUT2D eigenvalue weighted by Gasteiger charge is -2.48. The Balaban J connectivity index is 2.01. The van der Waals surface area contributed by atoms with Crippen molar-refractivity contribution in [3.05, 3.63) is 0 Å². The average molecular weight is 282 g/mol. The summed E-state index contributed by atoms with van der Waals surface area (Å²) in [6.07, 6.45) is 6.69. The summed E-state index contributed by atoms with van der Waals surface area (Å²) in [4.78, 5) is 2.71. The van der Waals surface area contributed by atoms with Crippen molar-refractivity contribution in [2.45, 2.75) is 77.5 Å². The lowest BCUT2D eigenvalue weighted by molar-refractivity contribution is -0.106. The summed E-state index contributed by atoms with van der Waals surface area (Å²) in [6.45, 7) is 13.3. The van der Waals surface area contributed by atoms with E-state index in [4.69, 9.17) is 4.74 Å². The number of hydrogen-bond donors (Lipinski definition) is 1. The van der Waals surface area contributed by atoms with Gasteiger partial charge in [0, 0.05) is 25.2 Å². The van der Waals surface area contributed by atoms with Gasteiger partial charge in [-0.15, -0.1) is 0 Å². The van der Waals surface area contributed by atoms with Gasteiger partial charge in [-0.1, -0.05) is 20.3 Å². The summed E-state index contributed by atoms with van der Waals surface area (Å²) < 4.78 is 5.89. The van der Waals surface area contributed by atoms with Crippen LogP contribution in [0.25, 0.3) is 0 Å². The molecule has 0 aromatic carbocycles. The molecule has 0 aromatic heterocycles. The lowest BCUT2D eigenvalue weighted by Crippen LogP contribution is -2.59. The number of nitrogens with one attached hydrogen (secondary N) is 1. The van der Waals surface area contributed by atoms with Crippen LogP contribution in [-0.4, -0.2) is 48.8 Å². The maximum absolute atomic E-state index is 5.89. The van der Waals surface area contributed by atoms with Crippen molar-refractivity contribution in [1.29, 1.82) is 0 Å². The second kappa shape index (κ2) is 7.24. The fourth-order valence-electron chi connectivity index (χ4n) is 3.91. The van der Waals surface area contributed by atoms with Crippen LogP contribution in [0.15, 0.2) is 0 Å². The number of hydrogen-bond acceptors (Lipinski definition) is 3. The normalized spacial score (nSPS) is 35.1. The van der Waals surface area contributed by atoms with Gasteiger partial charge in [0.2, 0.25) is 0 Å². The summed E-state index contributed by atoms with van der Waals surface area (Å²) in [5.41, 5.74) is 0.0206. The highest BCUT2D eigenvalue weighted by atomic mass is 16.5. The third-order valence-corrected chi connectivity index (χ3v) is 5.08. The number of nitrogens with zero attached hydrogens (tertiary/aromatic N) is 1. The molecule has 118 valence electrons. The highest BCUT2D eigenvalue weighted by molar-refractivity contribution is 4.94. The fraction of sp³-hybridized carbons (Fsp3) is 1.00. The highest BCUT2D eigenvalue weighted by Crippen LogP contribution is 2.32. The monoisotopic (exact) mass is 282 g/mol. The van der Waals surface area contributed by atoms with E-state index in [1.165, 1.54) is 32.1 Å². The molecule has 2 fully saturated rings. The predicted octanol–water partition coefficient (Wildman–Crippen LogP) is 3.04. The third-order valence-electron chi connectivity index (χ3n) is 5.08. The largest absolute Gasteiger partial charge is 0.373 e. The third kappa shape index (κ3) is 4.19. The molecule has 0 radical (unpaired) electrons. The van der Waals surface area contributed by atoms with Crippen molar-refractivity contribution in [2.75, 3.05) is 26.2 Å². The van der Waals surface area contributed by atoms with Crippen LogP contribution in [0.4, 0.5) is 0 Å². The van der Waals surface area contributed by atoms with E-state index in [2.05, 4.69) is 37.9 Å². The first-order valence-electron chi connectivity index (χ1n) is 8.67. The Morgan fingerprint density at radius 3 is 2.70 bits per heavy atom. The molecule has 0 bridgehead atoms. The molecule has 3 unspecified atom stereocenters. The van der Waals surface area contributed by atoms with Crippen molar-refractivity contribution in [3.63, 3.8) is 0 Å². The minimum absolute atomic E-state index is 0.0206. The molecule has 1 heterocycles. The van der Waals surface area contributed by atoms with Gasteiger partial charge in [0.15, 0.2) is 0 Å². The molecule has 3 nitrogen and oxygen atoms in total. The van der Waals surface area contributed by atoms with Gasteiger partial charge < -0.3 is 10.1 Å². The van der Waals surface area contributed by atoms with Gasteiger partial charge in [-0.05, 0) is 52.0 Å². The molecule has 1 aliphatic heterocycles.